The first-order valence-corrected chi connectivity index (χ1v) is 9.87. The molecule has 2 heterocycles. The second kappa shape index (κ2) is 8.86. The van der Waals surface area contributed by atoms with Crippen molar-refractivity contribution in [1.29, 1.82) is 15.8 Å². The number of anilines is 2. The topological polar surface area (TPSA) is 99.1 Å². The van der Waals surface area contributed by atoms with Gasteiger partial charge in [0.15, 0.2) is 5.57 Å². The maximum absolute atomic E-state index is 9.25. The molecule has 1 aromatic carbocycles. The number of nitrogens with one attached hydrogen (secondary N) is 1. The molecule has 1 spiro atoms. The van der Waals surface area contributed by atoms with Crippen LogP contribution in [0, 0.1) is 39.4 Å². The van der Waals surface area contributed by atoms with Crippen LogP contribution in [0.2, 0.25) is 0 Å². The number of hydrogen-bond donors (Lipinski definition) is 1. The van der Waals surface area contributed by atoms with Gasteiger partial charge in [-0.05, 0) is 63.4 Å². The summed E-state index contributed by atoms with van der Waals surface area (Å²) in [4.78, 5) is 4.80. The average molecular weight is 390 g/mol. The molecule has 0 saturated carbocycles. The predicted octanol–water partition coefficient (Wildman–Crippen LogP) is 3.24. The Bertz CT molecular complexity index is 883. The van der Waals surface area contributed by atoms with Gasteiger partial charge in [0.05, 0.1) is 12.8 Å². The third-order valence-electron chi connectivity index (χ3n) is 6.27. The Balaban J connectivity index is 1.73. The van der Waals surface area contributed by atoms with E-state index in [1.165, 1.54) is 38.8 Å². The highest BCUT2D eigenvalue weighted by molar-refractivity contribution is 5.69. The zero-order valence-electron chi connectivity index (χ0n) is 17.0. The number of rotatable bonds is 4. The van der Waals surface area contributed by atoms with Gasteiger partial charge in [-0.15, -0.1) is 0 Å². The lowest BCUT2D eigenvalue weighted by molar-refractivity contribution is 0.0945. The Morgan fingerprint density at radius 3 is 2.17 bits per heavy atom. The van der Waals surface area contributed by atoms with Crippen LogP contribution in [0.25, 0.3) is 0 Å². The monoisotopic (exact) mass is 390 g/mol. The van der Waals surface area contributed by atoms with E-state index >= 15 is 0 Å². The lowest BCUT2D eigenvalue weighted by Crippen LogP contribution is -2.46. The van der Waals surface area contributed by atoms with Crippen LogP contribution < -0.4 is 15.0 Å². The second-order valence-corrected chi connectivity index (χ2v) is 7.89. The molecule has 2 saturated heterocycles. The summed E-state index contributed by atoms with van der Waals surface area (Å²) in [6.45, 7) is 4.43. The molecule has 0 aliphatic carbocycles. The molecule has 7 heteroatoms. The summed E-state index contributed by atoms with van der Waals surface area (Å²) in [6.07, 6.45) is 4.98. The van der Waals surface area contributed by atoms with Crippen LogP contribution in [-0.2, 0) is 0 Å². The van der Waals surface area contributed by atoms with E-state index in [2.05, 4.69) is 22.2 Å². The standard InChI is InChI=1S/C22H26N6O/c1-27-9-5-22(6-10-27)7-11-28(12-8-22)18-3-4-19(21(13-18)29-2)26-20(16-25)17(14-23)15-24/h3-4,13,26H,5-12H2,1-2H3. The Labute approximate surface area is 172 Å². The van der Waals surface area contributed by atoms with Crippen molar-refractivity contribution in [2.45, 2.75) is 25.7 Å². The fraction of sp³-hybridized carbons (Fsp3) is 0.500. The first-order chi connectivity index (χ1) is 14.0. The van der Waals surface area contributed by atoms with Gasteiger partial charge >= 0.3 is 0 Å². The van der Waals surface area contributed by atoms with Gasteiger partial charge in [0.25, 0.3) is 0 Å². The Hall–Kier alpha value is -3.21. The van der Waals surface area contributed by atoms with E-state index in [-0.39, 0.29) is 11.3 Å². The molecule has 2 aliphatic heterocycles. The third kappa shape index (κ3) is 4.45. The van der Waals surface area contributed by atoms with Gasteiger partial charge in [0, 0.05) is 24.8 Å². The van der Waals surface area contributed by atoms with Crippen molar-refractivity contribution in [3.63, 3.8) is 0 Å². The molecule has 3 rings (SSSR count). The number of nitriles is 3. The van der Waals surface area contributed by atoms with Crippen molar-refractivity contribution < 1.29 is 4.74 Å². The fourth-order valence-electron chi connectivity index (χ4n) is 4.23. The Kier molecular flexibility index (Phi) is 6.27. The highest BCUT2D eigenvalue weighted by Gasteiger charge is 2.36. The van der Waals surface area contributed by atoms with Crippen LogP contribution in [-0.4, -0.2) is 45.2 Å². The molecule has 1 aromatic rings. The van der Waals surface area contributed by atoms with Crippen molar-refractivity contribution >= 4 is 11.4 Å². The molecule has 0 amide bonds. The summed E-state index contributed by atoms with van der Waals surface area (Å²) in [5.74, 6) is 0.574. The third-order valence-corrected chi connectivity index (χ3v) is 6.27. The molecule has 0 radical (unpaired) electrons. The minimum Gasteiger partial charge on any atom is -0.494 e. The van der Waals surface area contributed by atoms with E-state index in [0.29, 0.717) is 16.9 Å². The maximum atomic E-state index is 9.25. The summed E-state index contributed by atoms with van der Waals surface area (Å²) < 4.78 is 5.50. The number of likely N-dealkylation sites (tertiary alicyclic amines) is 1. The van der Waals surface area contributed by atoms with E-state index in [9.17, 15) is 5.26 Å². The molecule has 2 aliphatic rings. The summed E-state index contributed by atoms with van der Waals surface area (Å²) in [6, 6.07) is 11.1. The second-order valence-electron chi connectivity index (χ2n) is 7.89. The van der Waals surface area contributed by atoms with E-state index in [1.807, 2.05) is 24.3 Å². The van der Waals surface area contributed by atoms with Gasteiger partial charge in [-0.25, -0.2) is 0 Å². The highest BCUT2D eigenvalue weighted by Crippen LogP contribution is 2.42. The van der Waals surface area contributed by atoms with Crippen LogP contribution in [0.4, 0.5) is 11.4 Å². The van der Waals surface area contributed by atoms with Gasteiger partial charge in [-0.2, -0.15) is 15.8 Å². The summed E-state index contributed by atoms with van der Waals surface area (Å²) in [7, 11) is 3.77. The average Bonchev–Trinajstić information content (AvgIpc) is 2.76. The number of methoxy groups -OCH3 is 1. The summed E-state index contributed by atoms with van der Waals surface area (Å²) in [5, 5.41) is 30.1. The summed E-state index contributed by atoms with van der Waals surface area (Å²) >= 11 is 0. The number of allylic oxidation sites excluding steroid dienone is 2. The highest BCUT2D eigenvalue weighted by atomic mass is 16.5. The van der Waals surface area contributed by atoms with E-state index in [0.717, 1.165) is 18.8 Å². The molecule has 1 N–H and O–H groups in total. The van der Waals surface area contributed by atoms with Crippen molar-refractivity contribution in [3.8, 4) is 24.0 Å². The molecule has 150 valence electrons. The van der Waals surface area contributed by atoms with Gasteiger partial charge in [-0.3, -0.25) is 0 Å². The number of ether oxygens (including phenoxy) is 1. The number of hydrogen-bond acceptors (Lipinski definition) is 7. The SMILES string of the molecule is COc1cc(N2CCC3(CCN(C)CC3)CC2)ccc1NC(C#N)=C(C#N)C#N. The lowest BCUT2D eigenvalue weighted by atomic mass is 9.71. The Morgan fingerprint density at radius 2 is 1.62 bits per heavy atom. The first-order valence-electron chi connectivity index (χ1n) is 9.87. The quantitative estimate of drug-likeness (QED) is 0.788. The smallest absolute Gasteiger partial charge is 0.163 e. The molecule has 0 aromatic heterocycles. The largest absolute Gasteiger partial charge is 0.494 e. The van der Waals surface area contributed by atoms with Crippen LogP contribution in [0.15, 0.2) is 29.5 Å². The van der Waals surface area contributed by atoms with Crippen LogP contribution in [0.1, 0.15) is 25.7 Å². The summed E-state index contributed by atoms with van der Waals surface area (Å²) in [5.41, 5.74) is 1.80. The zero-order valence-corrected chi connectivity index (χ0v) is 17.0. The van der Waals surface area contributed by atoms with Crippen molar-refractivity contribution in [2.24, 2.45) is 5.41 Å². The number of piperidine rings is 2. The van der Waals surface area contributed by atoms with Gasteiger partial charge in [-0.1, -0.05) is 0 Å². The fourth-order valence-corrected chi connectivity index (χ4v) is 4.23. The number of benzene rings is 1. The molecular formula is C22H26N6O. The van der Waals surface area contributed by atoms with Crippen molar-refractivity contribution in [2.75, 3.05) is 50.6 Å². The minimum absolute atomic E-state index is 0.0803. The molecule has 7 nitrogen and oxygen atoms in total. The molecule has 0 atom stereocenters. The molecule has 0 unspecified atom stereocenters. The van der Waals surface area contributed by atoms with Crippen LogP contribution in [0.3, 0.4) is 0 Å². The van der Waals surface area contributed by atoms with Gasteiger partial charge in [0.1, 0.15) is 29.7 Å². The lowest BCUT2D eigenvalue weighted by Gasteiger charge is -2.47. The first kappa shape index (κ1) is 20.5. The number of nitrogens with zero attached hydrogens (tertiary/aromatic N) is 5. The van der Waals surface area contributed by atoms with Crippen LogP contribution in [0.5, 0.6) is 5.75 Å². The van der Waals surface area contributed by atoms with Crippen LogP contribution >= 0.6 is 0 Å². The normalized spacial score (nSPS) is 18.2. The molecule has 29 heavy (non-hydrogen) atoms. The zero-order chi connectivity index (χ0) is 20.9. The Morgan fingerprint density at radius 1 is 1.00 bits per heavy atom. The molecule has 2 fully saturated rings. The van der Waals surface area contributed by atoms with Crippen molar-refractivity contribution in [3.05, 3.63) is 29.5 Å². The van der Waals surface area contributed by atoms with Gasteiger partial charge < -0.3 is 19.9 Å². The van der Waals surface area contributed by atoms with E-state index in [4.69, 9.17) is 15.3 Å². The van der Waals surface area contributed by atoms with Crippen molar-refractivity contribution in [1.82, 2.24) is 4.90 Å². The van der Waals surface area contributed by atoms with Gasteiger partial charge in [0.2, 0.25) is 0 Å². The van der Waals surface area contributed by atoms with E-state index in [1.54, 1.807) is 19.2 Å². The molecule has 0 bridgehead atoms. The predicted molar refractivity (Wildman–Crippen MR) is 111 cm³/mol. The minimum atomic E-state index is -0.252. The molecular weight excluding hydrogens is 364 g/mol. The van der Waals surface area contributed by atoms with E-state index < -0.39 is 0 Å². The maximum Gasteiger partial charge on any atom is 0.163 e.